The van der Waals surface area contributed by atoms with Gasteiger partial charge in [-0.25, -0.2) is 0 Å². The third-order valence-corrected chi connectivity index (χ3v) is 3.91. The largest absolute Gasteiger partial charge is 0.497 e. The van der Waals surface area contributed by atoms with Crippen molar-refractivity contribution < 1.29 is 14.3 Å². The minimum absolute atomic E-state index is 0.121. The van der Waals surface area contributed by atoms with Crippen LogP contribution in [-0.2, 0) is 22.7 Å². The summed E-state index contributed by atoms with van der Waals surface area (Å²) in [6.07, 6.45) is 0.272. The predicted octanol–water partition coefficient (Wildman–Crippen LogP) is 1.83. The minimum Gasteiger partial charge on any atom is -0.497 e. The van der Waals surface area contributed by atoms with Gasteiger partial charge in [-0.2, -0.15) is 0 Å². The Labute approximate surface area is 152 Å². The summed E-state index contributed by atoms with van der Waals surface area (Å²) in [6, 6.07) is 10.6. The summed E-state index contributed by atoms with van der Waals surface area (Å²) in [5.41, 5.74) is 1.30. The van der Waals surface area contributed by atoms with Crippen LogP contribution in [0.4, 0.5) is 5.69 Å². The molecule has 0 unspecified atom stereocenters. The number of aryl methyl sites for hydroxylation is 1. The molecule has 2 aromatic rings. The van der Waals surface area contributed by atoms with Crippen LogP contribution in [0, 0.1) is 6.92 Å². The second-order valence-electron chi connectivity index (χ2n) is 5.81. The Morgan fingerprint density at radius 3 is 2.62 bits per heavy atom. The highest BCUT2D eigenvalue weighted by Gasteiger charge is 2.11. The molecule has 2 N–H and O–H groups in total. The van der Waals surface area contributed by atoms with Crippen molar-refractivity contribution in [1.29, 1.82) is 0 Å². The molecule has 0 aliphatic rings. The summed E-state index contributed by atoms with van der Waals surface area (Å²) in [6.45, 7) is 3.65. The summed E-state index contributed by atoms with van der Waals surface area (Å²) in [7, 11) is 1.58. The number of benzene rings is 1. The van der Waals surface area contributed by atoms with Crippen LogP contribution in [0.5, 0.6) is 5.75 Å². The maximum atomic E-state index is 12.5. The summed E-state index contributed by atoms with van der Waals surface area (Å²) < 4.78 is 6.49. The lowest BCUT2D eigenvalue weighted by molar-refractivity contribution is -0.122. The molecule has 1 aromatic heterocycles. The van der Waals surface area contributed by atoms with Gasteiger partial charge in [0.15, 0.2) is 0 Å². The third kappa shape index (κ3) is 4.95. The summed E-state index contributed by atoms with van der Waals surface area (Å²) in [4.78, 5) is 36.2. The van der Waals surface area contributed by atoms with E-state index in [9.17, 15) is 14.4 Å². The van der Waals surface area contributed by atoms with Crippen molar-refractivity contribution in [3.8, 4) is 5.75 Å². The summed E-state index contributed by atoms with van der Waals surface area (Å²) in [5.74, 6) is 0.167. The van der Waals surface area contributed by atoms with Crippen LogP contribution in [0.15, 0.2) is 41.2 Å². The van der Waals surface area contributed by atoms with Gasteiger partial charge in [0.25, 0.3) is 5.56 Å². The van der Waals surface area contributed by atoms with E-state index in [0.29, 0.717) is 18.0 Å². The number of carbonyl (C=O) groups is 2. The molecule has 0 radical (unpaired) electrons. The van der Waals surface area contributed by atoms with E-state index in [0.717, 1.165) is 5.56 Å². The molecule has 0 fully saturated rings. The van der Waals surface area contributed by atoms with E-state index in [1.807, 2.05) is 24.3 Å². The van der Waals surface area contributed by atoms with Crippen molar-refractivity contribution in [2.45, 2.75) is 33.4 Å². The van der Waals surface area contributed by atoms with Crippen LogP contribution in [0.2, 0.25) is 0 Å². The highest BCUT2D eigenvalue weighted by molar-refractivity contribution is 5.90. The van der Waals surface area contributed by atoms with Crippen LogP contribution in [0.3, 0.4) is 0 Å². The molecule has 138 valence electrons. The van der Waals surface area contributed by atoms with Gasteiger partial charge in [-0.05, 0) is 36.8 Å². The first-order valence-corrected chi connectivity index (χ1v) is 8.34. The maximum Gasteiger partial charge on any atom is 0.274 e. The van der Waals surface area contributed by atoms with Crippen molar-refractivity contribution in [2.75, 3.05) is 12.4 Å². The van der Waals surface area contributed by atoms with Gasteiger partial charge in [-0.3, -0.25) is 14.4 Å². The number of methoxy groups -OCH3 is 1. The van der Waals surface area contributed by atoms with Gasteiger partial charge < -0.3 is 19.9 Å². The number of rotatable bonds is 7. The van der Waals surface area contributed by atoms with Gasteiger partial charge in [0.05, 0.1) is 7.11 Å². The normalized spacial score (nSPS) is 10.3. The van der Waals surface area contributed by atoms with E-state index in [-0.39, 0.29) is 30.5 Å². The molecular formula is C19H23N3O4. The van der Waals surface area contributed by atoms with E-state index in [1.54, 1.807) is 33.1 Å². The smallest absolute Gasteiger partial charge is 0.274 e. The fourth-order valence-electron chi connectivity index (χ4n) is 2.38. The van der Waals surface area contributed by atoms with Gasteiger partial charge in [-0.15, -0.1) is 0 Å². The molecule has 2 rings (SSSR count). The molecule has 0 bridgehead atoms. The SMILES string of the molecule is CCC(=O)Nc1ccc(C)n(CC(=O)NCc2cccc(OC)c2)c1=O. The van der Waals surface area contributed by atoms with E-state index in [1.165, 1.54) is 4.57 Å². The quantitative estimate of drug-likeness (QED) is 0.791. The van der Waals surface area contributed by atoms with E-state index in [4.69, 9.17) is 4.74 Å². The fraction of sp³-hybridized carbons (Fsp3) is 0.316. The predicted molar refractivity (Wildman–Crippen MR) is 99.2 cm³/mol. The van der Waals surface area contributed by atoms with Crippen LogP contribution in [-0.4, -0.2) is 23.5 Å². The maximum absolute atomic E-state index is 12.5. The molecule has 7 nitrogen and oxygen atoms in total. The number of ether oxygens (including phenoxy) is 1. The van der Waals surface area contributed by atoms with E-state index >= 15 is 0 Å². The number of nitrogens with zero attached hydrogens (tertiary/aromatic N) is 1. The summed E-state index contributed by atoms with van der Waals surface area (Å²) in [5, 5.41) is 5.34. The van der Waals surface area contributed by atoms with Crippen LogP contribution in [0.25, 0.3) is 0 Å². The molecule has 0 saturated carbocycles. The van der Waals surface area contributed by atoms with Crippen LogP contribution in [0.1, 0.15) is 24.6 Å². The lowest BCUT2D eigenvalue weighted by atomic mass is 10.2. The Balaban J connectivity index is 2.07. The van der Waals surface area contributed by atoms with Gasteiger partial charge in [0.1, 0.15) is 18.0 Å². The average Bonchev–Trinajstić information content (AvgIpc) is 2.65. The molecule has 26 heavy (non-hydrogen) atoms. The Hall–Kier alpha value is -3.09. The number of anilines is 1. The Kier molecular flexibility index (Phi) is 6.54. The first kappa shape index (κ1) is 19.2. The lowest BCUT2D eigenvalue weighted by Crippen LogP contribution is -2.34. The molecule has 0 aliphatic carbocycles. The number of nitrogens with one attached hydrogen (secondary N) is 2. The zero-order chi connectivity index (χ0) is 19.1. The summed E-state index contributed by atoms with van der Waals surface area (Å²) >= 11 is 0. The molecule has 2 amide bonds. The van der Waals surface area contributed by atoms with E-state index in [2.05, 4.69) is 10.6 Å². The number of pyridine rings is 1. The minimum atomic E-state index is -0.400. The standard InChI is InChI=1S/C19H23N3O4/c1-4-17(23)21-16-9-8-13(2)22(19(16)25)12-18(24)20-11-14-6-5-7-15(10-14)26-3/h5-10H,4,11-12H2,1-3H3,(H,20,24)(H,21,23). The second kappa shape index (κ2) is 8.84. The number of amides is 2. The van der Waals surface area contributed by atoms with Crippen molar-refractivity contribution in [2.24, 2.45) is 0 Å². The molecule has 1 aromatic carbocycles. The number of carbonyl (C=O) groups excluding carboxylic acids is 2. The fourth-order valence-corrected chi connectivity index (χ4v) is 2.38. The number of hydrogen-bond acceptors (Lipinski definition) is 4. The van der Waals surface area contributed by atoms with Crippen LogP contribution >= 0.6 is 0 Å². The first-order chi connectivity index (χ1) is 12.4. The molecule has 1 heterocycles. The van der Waals surface area contributed by atoms with Crippen molar-refractivity contribution in [1.82, 2.24) is 9.88 Å². The van der Waals surface area contributed by atoms with Crippen LogP contribution < -0.4 is 20.9 Å². The molecule has 7 heteroatoms. The Morgan fingerprint density at radius 2 is 1.92 bits per heavy atom. The molecule has 0 aliphatic heterocycles. The van der Waals surface area contributed by atoms with Gasteiger partial charge in [0.2, 0.25) is 11.8 Å². The molecule has 0 atom stereocenters. The highest BCUT2D eigenvalue weighted by atomic mass is 16.5. The third-order valence-electron chi connectivity index (χ3n) is 3.91. The zero-order valence-electron chi connectivity index (χ0n) is 15.2. The zero-order valence-corrected chi connectivity index (χ0v) is 15.2. The van der Waals surface area contributed by atoms with Gasteiger partial charge in [-0.1, -0.05) is 19.1 Å². The second-order valence-corrected chi connectivity index (χ2v) is 5.81. The van der Waals surface area contributed by atoms with Crippen molar-refractivity contribution in [3.05, 3.63) is 58.0 Å². The molecule has 0 spiro atoms. The Morgan fingerprint density at radius 1 is 1.15 bits per heavy atom. The topological polar surface area (TPSA) is 89.4 Å². The molecule has 0 saturated heterocycles. The first-order valence-electron chi connectivity index (χ1n) is 8.34. The average molecular weight is 357 g/mol. The van der Waals surface area contributed by atoms with Gasteiger partial charge in [0, 0.05) is 18.7 Å². The number of aromatic nitrogens is 1. The number of hydrogen-bond donors (Lipinski definition) is 2. The lowest BCUT2D eigenvalue weighted by Gasteiger charge is -2.13. The molecular weight excluding hydrogens is 334 g/mol. The van der Waals surface area contributed by atoms with E-state index < -0.39 is 5.56 Å². The highest BCUT2D eigenvalue weighted by Crippen LogP contribution is 2.12. The Bertz CT molecular complexity index is 858. The van der Waals surface area contributed by atoms with Crippen molar-refractivity contribution >= 4 is 17.5 Å². The van der Waals surface area contributed by atoms with Gasteiger partial charge >= 0.3 is 0 Å². The van der Waals surface area contributed by atoms with Crippen molar-refractivity contribution in [3.63, 3.8) is 0 Å². The monoisotopic (exact) mass is 357 g/mol.